The summed E-state index contributed by atoms with van der Waals surface area (Å²) in [6, 6.07) is 7.97. The average molecular weight is 523 g/mol. The second kappa shape index (κ2) is 10.7. The van der Waals surface area contributed by atoms with Crippen molar-refractivity contribution >= 4 is 17.8 Å². The fourth-order valence-corrected chi connectivity index (χ4v) is 6.79. The van der Waals surface area contributed by atoms with E-state index < -0.39 is 41.1 Å². The van der Waals surface area contributed by atoms with E-state index in [1.807, 2.05) is 61.6 Å². The summed E-state index contributed by atoms with van der Waals surface area (Å²) in [5, 5.41) is 10.6. The molecule has 6 atom stereocenters. The largest absolute Gasteiger partial charge is 0.465 e. The predicted molar refractivity (Wildman–Crippen MR) is 141 cm³/mol. The summed E-state index contributed by atoms with van der Waals surface area (Å²) >= 11 is 0. The zero-order valence-corrected chi connectivity index (χ0v) is 22.3. The fraction of sp³-hybridized carbons (Fsp3) is 0.567. The normalized spacial score (nSPS) is 33.2. The van der Waals surface area contributed by atoms with Crippen LogP contribution in [0.2, 0.25) is 0 Å². The molecule has 0 bridgehead atoms. The number of benzene rings is 1. The number of carbonyl (C=O) groups excluding carboxylic acids is 3. The van der Waals surface area contributed by atoms with Gasteiger partial charge < -0.3 is 24.4 Å². The minimum atomic E-state index is -1.34. The number of cyclic esters (lactones) is 1. The van der Waals surface area contributed by atoms with Crippen molar-refractivity contribution in [3.63, 3.8) is 0 Å². The molecule has 1 spiro atoms. The number of unbranched alkanes of at least 4 members (excludes halogenated alkanes) is 1. The minimum Gasteiger partial charge on any atom is -0.465 e. The van der Waals surface area contributed by atoms with E-state index >= 15 is 0 Å². The van der Waals surface area contributed by atoms with Gasteiger partial charge in [0.05, 0.1) is 25.2 Å². The molecule has 1 unspecified atom stereocenters. The first-order valence-electron chi connectivity index (χ1n) is 13.9. The Bertz CT molecular complexity index is 1120. The van der Waals surface area contributed by atoms with Crippen LogP contribution in [0, 0.1) is 11.8 Å². The van der Waals surface area contributed by atoms with Crippen LogP contribution < -0.4 is 0 Å². The van der Waals surface area contributed by atoms with Gasteiger partial charge in [-0.05, 0) is 31.2 Å². The van der Waals surface area contributed by atoms with E-state index in [1.54, 1.807) is 4.90 Å². The van der Waals surface area contributed by atoms with Crippen molar-refractivity contribution in [2.75, 3.05) is 26.3 Å². The van der Waals surface area contributed by atoms with Crippen molar-refractivity contribution < 1.29 is 29.0 Å². The van der Waals surface area contributed by atoms with E-state index in [2.05, 4.69) is 6.92 Å². The highest BCUT2D eigenvalue weighted by Gasteiger charge is 2.75. The standard InChI is InChI=1S/C30H38N2O6/c1-3-5-16-31-17-11-15-30-23(24-28(36)37-18-10-9-14-29(24,4-2)38-30)26(34)32(25(30)27(31)35)22(20-33)19-21-12-7-6-8-13-21/h6-9,11-15,22-25,33H,3-5,10,16-20H2,1-2H3/t22-,23+,24+,25?,29-,30+/m1/s1. The van der Waals surface area contributed by atoms with Gasteiger partial charge in [-0.15, -0.1) is 0 Å². The Balaban J connectivity index is 1.64. The van der Waals surface area contributed by atoms with E-state index in [-0.39, 0.29) is 25.0 Å². The Morgan fingerprint density at radius 2 is 1.84 bits per heavy atom. The van der Waals surface area contributed by atoms with Gasteiger partial charge in [-0.25, -0.2) is 0 Å². The Morgan fingerprint density at radius 3 is 2.55 bits per heavy atom. The van der Waals surface area contributed by atoms with Gasteiger partial charge in [0.25, 0.3) is 0 Å². The van der Waals surface area contributed by atoms with Gasteiger partial charge in [0.15, 0.2) is 0 Å². The maximum atomic E-state index is 14.5. The molecule has 4 aliphatic heterocycles. The third-order valence-electron chi connectivity index (χ3n) is 8.62. The van der Waals surface area contributed by atoms with Gasteiger partial charge in [0, 0.05) is 13.1 Å². The van der Waals surface area contributed by atoms with E-state index in [1.165, 1.54) is 4.90 Å². The molecule has 5 rings (SSSR count). The first-order valence-corrected chi connectivity index (χ1v) is 13.9. The molecular weight excluding hydrogens is 484 g/mol. The molecule has 38 heavy (non-hydrogen) atoms. The molecule has 0 aliphatic carbocycles. The zero-order chi connectivity index (χ0) is 26.9. The minimum absolute atomic E-state index is 0.205. The lowest BCUT2D eigenvalue weighted by molar-refractivity contribution is -0.163. The van der Waals surface area contributed by atoms with E-state index in [9.17, 15) is 19.5 Å². The lowest BCUT2D eigenvalue weighted by atomic mass is 9.73. The van der Waals surface area contributed by atoms with Gasteiger partial charge in [-0.1, -0.05) is 74.9 Å². The number of carbonyl (C=O) groups is 3. The highest BCUT2D eigenvalue weighted by Crippen LogP contribution is 2.58. The smallest absolute Gasteiger partial charge is 0.313 e. The molecule has 8 heteroatoms. The molecular formula is C30H38N2O6. The lowest BCUT2D eigenvalue weighted by Crippen LogP contribution is -2.59. The molecule has 204 valence electrons. The second-order valence-corrected chi connectivity index (χ2v) is 10.8. The molecule has 4 heterocycles. The third-order valence-corrected chi connectivity index (χ3v) is 8.62. The summed E-state index contributed by atoms with van der Waals surface area (Å²) in [6.45, 7) is 4.89. The van der Waals surface area contributed by atoms with Gasteiger partial charge in [-0.2, -0.15) is 0 Å². The van der Waals surface area contributed by atoms with Crippen LogP contribution in [0.5, 0.6) is 0 Å². The molecule has 0 saturated carbocycles. The molecule has 8 nitrogen and oxygen atoms in total. The summed E-state index contributed by atoms with van der Waals surface area (Å²) in [5.41, 5.74) is -1.45. The quantitative estimate of drug-likeness (QED) is 0.417. The number of rotatable bonds is 8. The Hall–Kier alpha value is -2.97. The van der Waals surface area contributed by atoms with Crippen molar-refractivity contribution in [3.8, 4) is 0 Å². The van der Waals surface area contributed by atoms with Crippen molar-refractivity contribution in [2.24, 2.45) is 11.8 Å². The zero-order valence-electron chi connectivity index (χ0n) is 22.3. The maximum Gasteiger partial charge on any atom is 0.313 e. The van der Waals surface area contributed by atoms with Gasteiger partial charge in [0.1, 0.15) is 23.2 Å². The Morgan fingerprint density at radius 1 is 1.05 bits per heavy atom. The summed E-state index contributed by atoms with van der Waals surface area (Å²) < 4.78 is 12.5. The van der Waals surface area contributed by atoms with Gasteiger partial charge >= 0.3 is 5.97 Å². The van der Waals surface area contributed by atoms with Crippen LogP contribution in [0.1, 0.15) is 45.1 Å². The summed E-state index contributed by atoms with van der Waals surface area (Å²) in [4.78, 5) is 45.6. The van der Waals surface area contributed by atoms with Crippen molar-refractivity contribution in [1.29, 1.82) is 0 Å². The van der Waals surface area contributed by atoms with Crippen molar-refractivity contribution in [1.82, 2.24) is 9.80 Å². The molecule has 2 saturated heterocycles. The number of likely N-dealkylation sites (tertiary alicyclic amines) is 1. The van der Waals surface area contributed by atoms with E-state index in [0.29, 0.717) is 32.4 Å². The summed E-state index contributed by atoms with van der Waals surface area (Å²) in [5.74, 6) is -2.84. The first-order chi connectivity index (χ1) is 18.4. The maximum absolute atomic E-state index is 14.5. The number of aliphatic hydroxyl groups is 1. The van der Waals surface area contributed by atoms with Crippen LogP contribution in [-0.4, -0.2) is 82.3 Å². The summed E-state index contributed by atoms with van der Waals surface area (Å²) in [6.07, 6.45) is 10.8. The summed E-state index contributed by atoms with van der Waals surface area (Å²) in [7, 11) is 0. The number of esters is 1. The highest BCUT2D eigenvalue weighted by atomic mass is 16.6. The molecule has 1 aromatic carbocycles. The van der Waals surface area contributed by atoms with Crippen LogP contribution in [0.3, 0.4) is 0 Å². The molecule has 1 aromatic rings. The van der Waals surface area contributed by atoms with Crippen LogP contribution in [0.25, 0.3) is 0 Å². The molecule has 2 amide bonds. The number of ether oxygens (including phenoxy) is 2. The Kier molecular flexibility index (Phi) is 7.47. The number of fused-ring (bicyclic) bond motifs is 2. The van der Waals surface area contributed by atoms with Crippen molar-refractivity contribution in [2.45, 2.75) is 69.2 Å². The molecule has 4 aliphatic rings. The number of aliphatic hydroxyl groups excluding tert-OH is 1. The molecule has 0 radical (unpaired) electrons. The third kappa shape index (κ3) is 4.18. The number of nitrogens with zero attached hydrogens (tertiary/aromatic N) is 2. The van der Waals surface area contributed by atoms with Crippen LogP contribution in [-0.2, 0) is 30.3 Å². The lowest BCUT2D eigenvalue weighted by Gasteiger charge is -2.41. The Labute approximate surface area is 224 Å². The van der Waals surface area contributed by atoms with E-state index in [4.69, 9.17) is 9.47 Å². The van der Waals surface area contributed by atoms with Crippen LogP contribution in [0.15, 0.2) is 54.6 Å². The molecule has 2 fully saturated rings. The second-order valence-electron chi connectivity index (χ2n) is 10.8. The van der Waals surface area contributed by atoms with Crippen LogP contribution in [0.4, 0.5) is 0 Å². The molecule has 0 aromatic heterocycles. The predicted octanol–water partition coefficient (Wildman–Crippen LogP) is 2.65. The van der Waals surface area contributed by atoms with Gasteiger partial charge in [-0.3, -0.25) is 14.4 Å². The number of hydrogen-bond acceptors (Lipinski definition) is 6. The van der Waals surface area contributed by atoms with Crippen LogP contribution >= 0.6 is 0 Å². The topological polar surface area (TPSA) is 96.4 Å². The van der Waals surface area contributed by atoms with Gasteiger partial charge in [0.2, 0.25) is 11.8 Å². The average Bonchev–Trinajstić information content (AvgIpc) is 3.28. The number of hydrogen-bond donors (Lipinski definition) is 1. The SMILES string of the molecule is CCCCN1CC=C[C@]23O[C@]4(CC)C=CCCOC(=O)[C@@H]4[C@H]2C(=O)N([C@@H](CO)Cc2ccccc2)C3C1=O. The highest BCUT2D eigenvalue weighted by molar-refractivity contribution is 5.99. The first kappa shape index (κ1) is 26.6. The fourth-order valence-electron chi connectivity index (χ4n) is 6.79. The monoisotopic (exact) mass is 522 g/mol. The van der Waals surface area contributed by atoms with E-state index in [0.717, 1.165) is 18.4 Å². The van der Waals surface area contributed by atoms with Crippen molar-refractivity contribution in [3.05, 3.63) is 60.2 Å². The molecule has 1 N–H and O–H groups in total. The number of amides is 2.